The van der Waals surface area contributed by atoms with Gasteiger partial charge >= 0.3 is 23.9 Å². The molecular formula is C34H28O10. The van der Waals surface area contributed by atoms with E-state index in [0.29, 0.717) is 0 Å². The molecule has 0 radical (unpaired) electrons. The summed E-state index contributed by atoms with van der Waals surface area (Å²) in [5.74, 6) is -3.21. The van der Waals surface area contributed by atoms with Crippen molar-refractivity contribution in [1.82, 2.24) is 0 Å². The first-order valence-electron chi connectivity index (χ1n) is 13.7. The zero-order valence-corrected chi connectivity index (χ0v) is 23.3. The summed E-state index contributed by atoms with van der Waals surface area (Å²) in [4.78, 5) is 52.3. The summed E-state index contributed by atoms with van der Waals surface area (Å²) in [6, 6.07) is 32.1. The molecule has 1 heterocycles. The highest BCUT2D eigenvalue weighted by molar-refractivity contribution is 5.91. The number of carbonyl (C=O) groups excluding carboxylic acids is 4. The molecule has 1 aliphatic rings. The lowest BCUT2D eigenvalue weighted by Crippen LogP contribution is -2.62. The van der Waals surface area contributed by atoms with Gasteiger partial charge in [0.05, 0.1) is 22.3 Å². The molecule has 4 aromatic rings. The van der Waals surface area contributed by atoms with Crippen molar-refractivity contribution in [2.75, 3.05) is 6.61 Å². The topological polar surface area (TPSA) is 135 Å². The molecule has 4 aromatic carbocycles. The maximum absolute atomic E-state index is 13.3. The maximum atomic E-state index is 13.3. The van der Waals surface area contributed by atoms with Crippen LogP contribution >= 0.6 is 0 Å². The van der Waals surface area contributed by atoms with E-state index in [1.165, 1.54) is 36.4 Å². The van der Waals surface area contributed by atoms with Gasteiger partial charge < -0.3 is 28.8 Å². The second-order valence-corrected chi connectivity index (χ2v) is 9.74. The number of carbonyl (C=O) groups is 4. The molecule has 5 atom stereocenters. The minimum absolute atomic E-state index is 0.154. The van der Waals surface area contributed by atoms with E-state index in [-0.39, 0.29) is 22.3 Å². The van der Waals surface area contributed by atoms with Crippen LogP contribution in [0.5, 0.6) is 0 Å². The Kier molecular flexibility index (Phi) is 9.75. The Hall–Kier alpha value is -5.32. The number of aliphatic hydroxyl groups excluding tert-OH is 1. The third-order valence-electron chi connectivity index (χ3n) is 6.76. The number of ether oxygens (including phenoxy) is 5. The smallest absolute Gasteiger partial charge is 0.338 e. The van der Waals surface area contributed by atoms with Gasteiger partial charge in [-0.25, -0.2) is 19.2 Å². The van der Waals surface area contributed by atoms with Gasteiger partial charge in [-0.3, -0.25) is 0 Å². The molecule has 10 nitrogen and oxygen atoms in total. The predicted octanol–water partition coefficient (Wildman–Crippen LogP) is 4.24. The van der Waals surface area contributed by atoms with Gasteiger partial charge in [0.2, 0.25) is 0 Å². The molecule has 1 N–H and O–H groups in total. The van der Waals surface area contributed by atoms with Crippen molar-refractivity contribution in [2.45, 2.75) is 30.7 Å². The molecule has 0 saturated carbocycles. The van der Waals surface area contributed by atoms with E-state index in [4.69, 9.17) is 23.7 Å². The molecule has 0 aliphatic carbocycles. The van der Waals surface area contributed by atoms with Gasteiger partial charge in [0.15, 0.2) is 24.6 Å². The van der Waals surface area contributed by atoms with Crippen LogP contribution in [0.25, 0.3) is 0 Å². The summed E-state index contributed by atoms with van der Waals surface area (Å²) < 4.78 is 28.4. The van der Waals surface area contributed by atoms with E-state index in [0.717, 1.165) is 0 Å². The molecule has 0 spiro atoms. The van der Waals surface area contributed by atoms with Crippen LogP contribution in [0.1, 0.15) is 41.4 Å². The number of benzene rings is 4. The lowest BCUT2D eigenvalue weighted by molar-refractivity contribution is -0.284. The van der Waals surface area contributed by atoms with E-state index < -0.39 is 61.2 Å². The number of esters is 4. The quantitative estimate of drug-likeness (QED) is 0.221. The van der Waals surface area contributed by atoms with E-state index in [1.807, 2.05) is 0 Å². The standard InChI is InChI=1S/C34H28O10/c35-30(22-13-5-1-6-14-22)40-21-26-27(42-31(36)23-15-7-2-8-16-23)28(43-32(37)24-17-9-3-10-18-24)29(34(39)41-26)44-33(38)25-19-11-4-12-20-25/h1-20,26-29,34,39H,21H2/t26?,27-,28+,29?,34-/m1/s1. The Labute approximate surface area is 252 Å². The Morgan fingerprint density at radius 1 is 0.500 bits per heavy atom. The Balaban J connectivity index is 1.48. The lowest BCUT2D eigenvalue weighted by atomic mass is 9.97. The molecule has 1 aliphatic heterocycles. The first-order chi connectivity index (χ1) is 21.4. The molecule has 0 aromatic heterocycles. The molecule has 10 heteroatoms. The van der Waals surface area contributed by atoms with Crippen LogP contribution in [0.15, 0.2) is 121 Å². The largest absolute Gasteiger partial charge is 0.459 e. The van der Waals surface area contributed by atoms with Crippen LogP contribution in [0.3, 0.4) is 0 Å². The second-order valence-electron chi connectivity index (χ2n) is 9.74. The maximum Gasteiger partial charge on any atom is 0.338 e. The van der Waals surface area contributed by atoms with E-state index in [9.17, 15) is 24.3 Å². The van der Waals surface area contributed by atoms with Crippen LogP contribution < -0.4 is 0 Å². The monoisotopic (exact) mass is 596 g/mol. The molecular weight excluding hydrogens is 568 g/mol. The van der Waals surface area contributed by atoms with Crippen molar-refractivity contribution in [1.29, 1.82) is 0 Å². The molecule has 224 valence electrons. The van der Waals surface area contributed by atoms with Crippen LogP contribution in [0.2, 0.25) is 0 Å². The average molecular weight is 597 g/mol. The van der Waals surface area contributed by atoms with Crippen molar-refractivity contribution in [3.63, 3.8) is 0 Å². The van der Waals surface area contributed by atoms with Crippen LogP contribution in [0.4, 0.5) is 0 Å². The lowest BCUT2D eigenvalue weighted by Gasteiger charge is -2.42. The summed E-state index contributed by atoms with van der Waals surface area (Å²) in [6.07, 6.45) is -7.89. The summed E-state index contributed by atoms with van der Waals surface area (Å²) in [6.45, 7) is -0.504. The van der Waals surface area contributed by atoms with Gasteiger partial charge in [0.1, 0.15) is 12.7 Å². The summed E-state index contributed by atoms with van der Waals surface area (Å²) in [5, 5.41) is 11.1. The Morgan fingerprint density at radius 2 is 0.841 bits per heavy atom. The molecule has 0 bridgehead atoms. The van der Waals surface area contributed by atoms with Crippen molar-refractivity contribution < 1.29 is 48.0 Å². The molecule has 2 unspecified atom stereocenters. The highest BCUT2D eigenvalue weighted by Crippen LogP contribution is 2.30. The molecule has 1 fully saturated rings. The Bertz CT molecular complexity index is 1560. The van der Waals surface area contributed by atoms with Crippen LogP contribution in [-0.2, 0) is 23.7 Å². The zero-order valence-electron chi connectivity index (χ0n) is 23.3. The predicted molar refractivity (Wildman–Crippen MR) is 155 cm³/mol. The number of hydrogen-bond acceptors (Lipinski definition) is 10. The van der Waals surface area contributed by atoms with Gasteiger partial charge in [-0.15, -0.1) is 0 Å². The van der Waals surface area contributed by atoms with Crippen LogP contribution in [0, 0.1) is 0 Å². The third-order valence-corrected chi connectivity index (χ3v) is 6.76. The van der Waals surface area contributed by atoms with Gasteiger partial charge in [-0.05, 0) is 48.5 Å². The highest BCUT2D eigenvalue weighted by Gasteiger charge is 2.52. The van der Waals surface area contributed by atoms with Crippen LogP contribution in [-0.4, -0.2) is 66.3 Å². The molecule has 5 rings (SSSR count). The number of hydrogen-bond donors (Lipinski definition) is 1. The van der Waals surface area contributed by atoms with Gasteiger partial charge in [-0.2, -0.15) is 0 Å². The second kappa shape index (κ2) is 14.2. The average Bonchev–Trinajstić information content (AvgIpc) is 3.07. The van der Waals surface area contributed by atoms with E-state index in [1.54, 1.807) is 84.9 Å². The first-order valence-corrected chi connectivity index (χ1v) is 13.7. The van der Waals surface area contributed by atoms with Crippen molar-refractivity contribution in [3.8, 4) is 0 Å². The van der Waals surface area contributed by atoms with Gasteiger partial charge in [0, 0.05) is 0 Å². The fourth-order valence-electron chi connectivity index (χ4n) is 4.54. The van der Waals surface area contributed by atoms with E-state index in [2.05, 4.69) is 0 Å². The summed E-state index contributed by atoms with van der Waals surface area (Å²) in [5.41, 5.74) is 0.736. The number of aliphatic hydroxyl groups is 1. The minimum Gasteiger partial charge on any atom is -0.459 e. The van der Waals surface area contributed by atoms with Crippen molar-refractivity contribution >= 4 is 23.9 Å². The minimum atomic E-state index is -1.86. The van der Waals surface area contributed by atoms with Crippen molar-refractivity contribution in [3.05, 3.63) is 144 Å². The number of rotatable bonds is 9. The van der Waals surface area contributed by atoms with Crippen molar-refractivity contribution in [2.24, 2.45) is 0 Å². The van der Waals surface area contributed by atoms with Gasteiger partial charge in [0.25, 0.3) is 0 Å². The third kappa shape index (κ3) is 7.35. The molecule has 0 amide bonds. The molecule has 1 saturated heterocycles. The Morgan fingerprint density at radius 3 is 1.25 bits per heavy atom. The SMILES string of the molecule is O=C(OCC1O[C@@H](O)C(OC(=O)c2ccccc2)[C@@H](OC(=O)c2ccccc2)[C@@H]1OC(=O)c1ccccc1)c1ccccc1. The van der Waals surface area contributed by atoms with Gasteiger partial charge in [-0.1, -0.05) is 72.8 Å². The van der Waals surface area contributed by atoms with E-state index >= 15 is 0 Å². The normalized spacial score (nSPS) is 21.0. The first kappa shape index (κ1) is 30.1. The fraction of sp³-hybridized carbons (Fsp3) is 0.176. The summed E-state index contributed by atoms with van der Waals surface area (Å²) >= 11 is 0. The zero-order chi connectivity index (χ0) is 30.9. The summed E-state index contributed by atoms with van der Waals surface area (Å²) in [7, 11) is 0. The highest BCUT2D eigenvalue weighted by atomic mass is 16.7. The fourth-order valence-corrected chi connectivity index (χ4v) is 4.54. The molecule has 44 heavy (non-hydrogen) atoms.